The number of hydrogen-bond acceptors (Lipinski definition) is 5. The molecular formula is C14H13BrN4O2. The van der Waals surface area contributed by atoms with Crippen LogP contribution in [0, 0.1) is 10.1 Å². The molecular weight excluding hydrogens is 336 g/mol. The Morgan fingerprint density at radius 1 is 1.38 bits per heavy atom. The fraction of sp³-hybridized carbons (Fsp3) is 0.214. The molecule has 0 aliphatic carbocycles. The van der Waals surface area contributed by atoms with Crippen LogP contribution >= 0.6 is 15.9 Å². The Kier molecular flexibility index (Phi) is 3.74. The molecule has 1 aromatic carbocycles. The summed E-state index contributed by atoms with van der Waals surface area (Å²) in [5.74, 6) is 0.560. The van der Waals surface area contributed by atoms with Crippen LogP contribution in [0.4, 0.5) is 22.9 Å². The summed E-state index contributed by atoms with van der Waals surface area (Å²) in [5, 5.41) is 17.2. The molecule has 108 valence electrons. The number of rotatable bonds is 3. The molecule has 0 saturated heterocycles. The normalized spacial score (nSPS) is 13.2. The van der Waals surface area contributed by atoms with E-state index in [4.69, 9.17) is 0 Å². The number of aryl methyl sites for hydroxylation is 1. The minimum absolute atomic E-state index is 0.0398. The van der Waals surface area contributed by atoms with Crippen molar-refractivity contribution in [2.75, 3.05) is 17.2 Å². The topological polar surface area (TPSA) is 80.1 Å². The van der Waals surface area contributed by atoms with Crippen LogP contribution in [-0.2, 0) is 6.42 Å². The lowest BCUT2D eigenvalue weighted by Gasteiger charge is -2.19. The number of pyridine rings is 1. The van der Waals surface area contributed by atoms with Crippen molar-refractivity contribution in [3.8, 4) is 0 Å². The number of aromatic nitrogens is 1. The highest BCUT2D eigenvalue weighted by Crippen LogP contribution is 2.30. The summed E-state index contributed by atoms with van der Waals surface area (Å²) in [7, 11) is 0. The molecule has 2 aromatic rings. The molecule has 3 rings (SSSR count). The standard InChI is InChI=1S/C14H13BrN4O2/c15-12-7-11(19(20)21)8-17-14(12)18-10-3-4-13-9(6-10)2-1-5-16-13/h3-4,6-8,16H,1-2,5H2,(H,17,18). The van der Waals surface area contributed by atoms with Crippen molar-refractivity contribution < 1.29 is 4.92 Å². The minimum atomic E-state index is -0.466. The number of hydrogen-bond donors (Lipinski definition) is 2. The summed E-state index contributed by atoms with van der Waals surface area (Å²) >= 11 is 3.31. The van der Waals surface area contributed by atoms with E-state index in [9.17, 15) is 10.1 Å². The zero-order chi connectivity index (χ0) is 14.8. The SMILES string of the molecule is O=[N+]([O-])c1cnc(Nc2ccc3c(c2)CCCN3)c(Br)c1. The van der Waals surface area contributed by atoms with Gasteiger partial charge >= 0.3 is 0 Å². The summed E-state index contributed by atoms with van der Waals surface area (Å²) < 4.78 is 0.563. The lowest BCUT2D eigenvalue weighted by molar-refractivity contribution is -0.385. The summed E-state index contributed by atoms with van der Waals surface area (Å²) in [5.41, 5.74) is 3.31. The van der Waals surface area contributed by atoms with Crippen molar-refractivity contribution >= 4 is 38.8 Å². The van der Waals surface area contributed by atoms with Crippen LogP contribution in [0.2, 0.25) is 0 Å². The number of nitro groups is 1. The molecule has 21 heavy (non-hydrogen) atoms. The molecule has 0 saturated carbocycles. The highest BCUT2D eigenvalue weighted by molar-refractivity contribution is 9.10. The third kappa shape index (κ3) is 2.97. The van der Waals surface area contributed by atoms with E-state index >= 15 is 0 Å². The lowest BCUT2D eigenvalue weighted by atomic mass is 10.0. The van der Waals surface area contributed by atoms with Crippen LogP contribution in [0.3, 0.4) is 0 Å². The monoisotopic (exact) mass is 348 g/mol. The first-order valence-electron chi connectivity index (χ1n) is 6.57. The van der Waals surface area contributed by atoms with E-state index < -0.39 is 4.92 Å². The maximum Gasteiger partial charge on any atom is 0.288 e. The molecule has 1 aliphatic rings. The van der Waals surface area contributed by atoms with Gasteiger partial charge in [-0.3, -0.25) is 10.1 Å². The van der Waals surface area contributed by atoms with Crippen LogP contribution < -0.4 is 10.6 Å². The quantitative estimate of drug-likeness (QED) is 0.650. The van der Waals surface area contributed by atoms with Gasteiger partial charge in [-0.1, -0.05) is 0 Å². The van der Waals surface area contributed by atoms with Crippen molar-refractivity contribution in [1.29, 1.82) is 0 Å². The van der Waals surface area contributed by atoms with E-state index in [0.29, 0.717) is 10.3 Å². The minimum Gasteiger partial charge on any atom is -0.385 e. The van der Waals surface area contributed by atoms with E-state index in [0.717, 1.165) is 25.1 Å². The van der Waals surface area contributed by atoms with Crippen LogP contribution in [0.5, 0.6) is 0 Å². The van der Waals surface area contributed by atoms with Crippen molar-refractivity contribution in [2.45, 2.75) is 12.8 Å². The van der Waals surface area contributed by atoms with Gasteiger partial charge in [0.25, 0.3) is 5.69 Å². The van der Waals surface area contributed by atoms with Crippen molar-refractivity contribution in [3.05, 3.63) is 50.6 Å². The Hall–Kier alpha value is -2.15. The fourth-order valence-electron chi connectivity index (χ4n) is 2.31. The lowest BCUT2D eigenvalue weighted by Crippen LogP contribution is -2.11. The van der Waals surface area contributed by atoms with Crippen molar-refractivity contribution in [2.24, 2.45) is 0 Å². The Morgan fingerprint density at radius 2 is 2.24 bits per heavy atom. The molecule has 0 radical (unpaired) electrons. The van der Waals surface area contributed by atoms with Gasteiger partial charge in [0.05, 0.1) is 9.40 Å². The first kappa shape index (κ1) is 13.8. The summed E-state index contributed by atoms with van der Waals surface area (Å²) in [6, 6.07) is 7.52. The number of nitrogens with zero attached hydrogens (tertiary/aromatic N) is 2. The summed E-state index contributed by atoms with van der Waals surface area (Å²) in [6.07, 6.45) is 3.41. The second kappa shape index (κ2) is 5.69. The number of halogens is 1. The third-order valence-corrected chi connectivity index (χ3v) is 3.95. The highest BCUT2D eigenvalue weighted by Gasteiger charge is 2.12. The maximum atomic E-state index is 10.7. The van der Waals surface area contributed by atoms with Crippen molar-refractivity contribution in [3.63, 3.8) is 0 Å². The molecule has 7 heteroatoms. The molecule has 2 heterocycles. The predicted octanol–water partition coefficient (Wildman–Crippen LogP) is 3.85. The largest absolute Gasteiger partial charge is 0.385 e. The van der Waals surface area contributed by atoms with E-state index in [2.05, 4.69) is 37.6 Å². The van der Waals surface area contributed by atoms with Crippen LogP contribution in [0.15, 0.2) is 34.9 Å². The number of fused-ring (bicyclic) bond motifs is 1. The third-order valence-electron chi connectivity index (χ3n) is 3.34. The summed E-state index contributed by atoms with van der Waals surface area (Å²) in [4.78, 5) is 14.3. The zero-order valence-electron chi connectivity index (χ0n) is 11.1. The van der Waals surface area contributed by atoms with Gasteiger partial charge in [-0.05, 0) is 52.5 Å². The highest BCUT2D eigenvalue weighted by atomic mass is 79.9. The molecule has 1 aliphatic heterocycles. The van der Waals surface area contributed by atoms with Crippen LogP contribution in [0.25, 0.3) is 0 Å². The second-order valence-corrected chi connectivity index (χ2v) is 5.66. The zero-order valence-corrected chi connectivity index (χ0v) is 12.7. The van der Waals surface area contributed by atoms with Crippen LogP contribution in [-0.4, -0.2) is 16.5 Å². The Balaban J connectivity index is 1.85. The number of benzene rings is 1. The fourth-order valence-corrected chi connectivity index (χ4v) is 2.75. The van der Waals surface area contributed by atoms with Gasteiger partial charge in [0.2, 0.25) is 0 Å². The van der Waals surface area contributed by atoms with E-state index in [1.165, 1.54) is 23.5 Å². The molecule has 0 spiro atoms. The van der Waals surface area contributed by atoms with Gasteiger partial charge in [0, 0.05) is 24.0 Å². The molecule has 0 amide bonds. The smallest absolute Gasteiger partial charge is 0.288 e. The second-order valence-electron chi connectivity index (χ2n) is 4.81. The van der Waals surface area contributed by atoms with Crippen LogP contribution in [0.1, 0.15) is 12.0 Å². The Labute approximate surface area is 129 Å². The van der Waals surface area contributed by atoms with E-state index in [1.807, 2.05) is 12.1 Å². The Bertz CT molecular complexity index is 705. The first-order chi connectivity index (χ1) is 10.1. The van der Waals surface area contributed by atoms with Gasteiger partial charge < -0.3 is 10.6 Å². The first-order valence-corrected chi connectivity index (χ1v) is 7.36. The average Bonchev–Trinajstić information content (AvgIpc) is 2.49. The van der Waals surface area contributed by atoms with Gasteiger partial charge in [-0.15, -0.1) is 0 Å². The molecule has 0 atom stereocenters. The van der Waals surface area contributed by atoms with E-state index in [-0.39, 0.29) is 5.69 Å². The predicted molar refractivity (Wildman–Crippen MR) is 85.1 cm³/mol. The molecule has 0 unspecified atom stereocenters. The van der Waals surface area contributed by atoms with E-state index in [1.54, 1.807) is 0 Å². The van der Waals surface area contributed by atoms with Gasteiger partial charge in [-0.25, -0.2) is 4.98 Å². The maximum absolute atomic E-state index is 10.7. The Morgan fingerprint density at radius 3 is 3.00 bits per heavy atom. The molecule has 0 bridgehead atoms. The molecule has 2 N–H and O–H groups in total. The number of anilines is 3. The molecule has 1 aromatic heterocycles. The molecule has 0 fully saturated rings. The number of nitrogens with one attached hydrogen (secondary N) is 2. The van der Waals surface area contributed by atoms with Crippen molar-refractivity contribution in [1.82, 2.24) is 4.98 Å². The van der Waals surface area contributed by atoms with Gasteiger partial charge in [-0.2, -0.15) is 0 Å². The molecule has 6 nitrogen and oxygen atoms in total. The summed E-state index contributed by atoms with van der Waals surface area (Å²) in [6.45, 7) is 1.01. The van der Waals surface area contributed by atoms with Gasteiger partial charge in [0.15, 0.2) is 0 Å². The van der Waals surface area contributed by atoms with Gasteiger partial charge in [0.1, 0.15) is 12.0 Å². The average molecular weight is 349 g/mol.